The molecule has 0 saturated carbocycles. The van der Waals surface area contributed by atoms with Crippen LogP contribution in [0, 0.1) is 6.92 Å². The molecule has 1 aromatic heterocycles. The van der Waals surface area contributed by atoms with Crippen LogP contribution in [-0.2, 0) is 9.59 Å². The van der Waals surface area contributed by atoms with Gasteiger partial charge in [-0.3, -0.25) is 19.7 Å². The van der Waals surface area contributed by atoms with E-state index in [0.717, 1.165) is 38.9 Å². The summed E-state index contributed by atoms with van der Waals surface area (Å²) < 4.78 is 4.29. The van der Waals surface area contributed by atoms with Gasteiger partial charge in [0.1, 0.15) is 10.9 Å². The van der Waals surface area contributed by atoms with Gasteiger partial charge in [-0.15, -0.1) is 11.8 Å². The molecular formula is C35H31N5O3S3. The van der Waals surface area contributed by atoms with Gasteiger partial charge >= 0.3 is 0 Å². The zero-order valence-corrected chi connectivity index (χ0v) is 27.5. The van der Waals surface area contributed by atoms with Crippen LogP contribution in [0.1, 0.15) is 39.2 Å². The number of carbonyl (C=O) groups excluding carboxylic acids is 3. The lowest BCUT2D eigenvalue weighted by molar-refractivity contribution is -0.116. The van der Waals surface area contributed by atoms with Gasteiger partial charge in [0, 0.05) is 27.7 Å². The van der Waals surface area contributed by atoms with Crippen LogP contribution in [0.2, 0.25) is 0 Å². The lowest BCUT2D eigenvalue weighted by Crippen LogP contribution is -2.30. The molecule has 11 heteroatoms. The summed E-state index contributed by atoms with van der Waals surface area (Å²) in [5.41, 5.74) is 3.78. The van der Waals surface area contributed by atoms with E-state index in [4.69, 9.17) is 0 Å². The molecule has 4 aromatic carbocycles. The number of carbonyl (C=O) groups is 3. The number of aromatic nitrogens is 2. The van der Waals surface area contributed by atoms with Gasteiger partial charge in [0.05, 0.1) is 0 Å². The van der Waals surface area contributed by atoms with Gasteiger partial charge in [0.15, 0.2) is 0 Å². The van der Waals surface area contributed by atoms with Gasteiger partial charge in [-0.2, -0.15) is 9.36 Å². The average Bonchev–Trinajstić information content (AvgIpc) is 3.52. The number of amides is 3. The van der Waals surface area contributed by atoms with Crippen LogP contribution in [0.3, 0.4) is 0 Å². The first-order valence-corrected chi connectivity index (χ1v) is 17.1. The minimum absolute atomic E-state index is 0.106. The largest absolute Gasteiger partial charge is 0.321 e. The number of hydrogen-bond acceptors (Lipinski definition) is 8. The van der Waals surface area contributed by atoms with E-state index in [1.165, 1.54) is 23.5 Å². The number of rotatable bonds is 12. The lowest BCUT2D eigenvalue weighted by Gasteiger charge is -2.16. The summed E-state index contributed by atoms with van der Waals surface area (Å²) in [6, 6.07) is 33.1. The maximum atomic E-state index is 13.4. The summed E-state index contributed by atoms with van der Waals surface area (Å²) in [6.45, 7) is 4.00. The van der Waals surface area contributed by atoms with Crippen molar-refractivity contribution in [3.05, 3.63) is 137 Å². The number of benzene rings is 4. The molecule has 0 spiro atoms. The highest BCUT2D eigenvalue weighted by atomic mass is 32.2. The summed E-state index contributed by atoms with van der Waals surface area (Å²) in [5, 5.41) is 9.10. The first kappa shape index (κ1) is 32.7. The van der Waals surface area contributed by atoms with E-state index in [1.807, 2.05) is 86.6 Å². The van der Waals surface area contributed by atoms with Crippen molar-refractivity contribution in [2.24, 2.45) is 0 Å². The predicted octanol–water partition coefficient (Wildman–Crippen LogP) is 7.84. The highest BCUT2D eigenvalue weighted by Gasteiger charge is 2.24. The molecule has 5 aromatic rings. The normalized spacial score (nSPS) is 11.8. The molecule has 1 unspecified atom stereocenters. The topological polar surface area (TPSA) is 113 Å². The summed E-state index contributed by atoms with van der Waals surface area (Å²) in [6.07, 6.45) is 1.64. The van der Waals surface area contributed by atoms with Crippen LogP contribution in [0.15, 0.2) is 125 Å². The molecule has 0 aliphatic rings. The molecule has 232 valence electrons. The zero-order valence-electron chi connectivity index (χ0n) is 25.1. The third-order valence-corrected chi connectivity index (χ3v) is 9.28. The van der Waals surface area contributed by atoms with E-state index in [9.17, 15) is 14.4 Å². The molecule has 3 amide bonds. The maximum absolute atomic E-state index is 13.4. The van der Waals surface area contributed by atoms with Crippen molar-refractivity contribution in [3.8, 4) is 0 Å². The Labute approximate surface area is 280 Å². The summed E-state index contributed by atoms with van der Waals surface area (Å²) in [5.74, 6) is -0.224. The smallest absolute Gasteiger partial charge is 0.272 e. The number of thioether (sulfide) groups is 2. The fourth-order valence-corrected chi connectivity index (χ4v) is 6.54. The second-order valence-electron chi connectivity index (χ2n) is 9.98. The maximum Gasteiger partial charge on any atom is 0.272 e. The Bertz CT molecular complexity index is 1810. The number of nitrogens with zero attached hydrogens (tertiary/aromatic N) is 2. The van der Waals surface area contributed by atoms with Crippen LogP contribution < -0.4 is 16.0 Å². The number of anilines is 2. The van der Waals surface area contributed by atoms with Crippen LogP contribution in [0.25, 0.3) is 6.08 Å². The van der Waals surface area contributed by atoms with Gasteiger partial charge in [-0.05, 0) is 66.3 Å². The SMILES string of the molecule is CCSc1nsc(NC(=O)C(Sc2ccc(NC(=O)/C(=C/c3ccc(C)cc3)NC(=O)c3ccccc3)cc2)c2ccccc2)n1. The quantitative estimate of drug-likeness (QED) is 0.0919. The fraction of sp³-hybridized carbons (Fsp3) is 0.114. The summed E-state index contributed by atoms with van der Waals surface area (Å²) in [4.78, 5) is 45.0. The van der Waals surface area contributed by atoms with E-state index >= 15 is 0 Å². The highest BCUT2D eigenvalue weighted by molar-refractivity contribution is 8.00. The molecule has 0 fully saturated rings. The van der Waals surface area contributed by atoms with E-state index in [1.54, 1.807) is 42.5 Å². The molecule has 5 rings (SSSR count). The number of nitrogens with one attached hydrogen (secondary N) is 3. The first-order valence-electron chi connectivity index (χ1n) is 14.4. The Morgan fingerprint density at radius 3 is 2.20 bits per heavy atom. The van der Waals surface area contributed by atoms with Gasteiger partial charge in [-0.25, -0.2) is 0 Å². The van der Waals surface area contributed by atoms with Crippen molar-refractivity contribution in [2.45, 2.75) is 29.1 Å². The van der Waals surface area contributed by atoms with Crippen molar-refractivity contribution < 1.29 is 14.4 Å². The van der Waals surface area contributed by atoms with Crippen LogP contribution in [0.5, 0.6) is 0 Å². The fourth-order valence-electron chi connectivity index (χ4n) is 4.24. The molecule has 0 radical (unpaired) electrons. The van der Waals surface area contributed by atoms with Crippen LogP contribution >= 0.6 is 35.1 Å². The molecule has 1 atom stereocenters. The zero-order chi connectivity index (χ0) is 32.3. The van der Waals surface area contributed by atoms with Gasteiger partial charge in [0.25, 0.3) is 11.8 Å². The molecule has 3 N–H and O–H groups in total. The van der Waals surface area contributed by atoms with Crippen molar-refractivity contribution >= 4 is 69.7 Å². The Balaban J connectivity index is 1.31. The van der Waals surface area contributed by atoms with Crippen molar-refractivity contribution in [2.75, 3.05) is 16.4 Å². The minimum Gasteiger partial charge on any atom is -0.321 e. The van der Waals surface area contributed by atoms with Gasteiger partial charge in [-0.1, -0.05) is 97.0 Å². The van der Waals surface area contributed by atoms with Gasteiger partial charge < -0.3 is 10.6 Å². The molecule has 0 saturated heterocycles. The summed E-state index contributed by atoms with van der Waals surface area (Å²) >= 11 is 4.06. The lowest BCUT2D eigenvalue weighted by atomic mass is 10.1. The second-order valence-corrected chi connectivity index (χ2v) is 13.1. The Hall–Kier alpha value is -4.71. The molecular weight excluding hydrogens is 635 g/mol. The van der Waals surface area contributed by atoms with E-state index in [0.29, 0.717) is 21.5 Å². The van der Waals surface area contributed by atoms with E-state index < -0.39 is 11.2 Å². The Morgan fingerprint density at radius 1 is 0.848 bits per heavy atom. The van der Waals surface area contributed by atoms with E-state index in [2.05, 4.69) is 25.3 Å². The summed E-state index contributed by atoms with van der Waals surface area (Å²) in [7, 11) is 0. The van der Waals surface area contributed by atoms with Crippen molar-refractivity contribution in [3.63, 3.8) is 0 Å². The molecule has 0 bridgehead atoms. The molecule has 1 heterocycles. The molecule has 0 aliphatic heterocycles. The average molecular weight is 666 g/mol. The van der Waals surface area contributed by atoms with Gasteiger partial charge in [0.2, 0.25) is 16.2 Å². The Kier molecular flexibility index (Phi) is 11.4. The third kappa shape index (κ3) is 9.16. The first-order chi connectivity index (χ1) is 22.4. The highest BCUT2D eigenvalue weighted by Crippen LogP contribution is 2.37. The number of hydrogen-bond donors (Lipinski definition) is 3. The predicted molar refractivity (Wildman–Crippen MR) is 188 cm³/mol. The van der Waals surface area contributed by atoms with E-state index in [-0.39, 0.29) is 17.5 Å². The second kappa shape index (κ2) is 16.0. The van der Waals surface area contributed by atoms with Crippen molar-refractivity contribution in [1.82, 2.24) is 14.7 Å². The van der Waals surface area contributed by atoms with Crippen LogP contribution in [-0.4, -0.2) is 32.8 Å². The van der Waals surface area contributed by atoms with Crippen molar-refractivity contribution in [1.29, 1.82) is 0 Å². The monoisotopic (exact) mass is 665 g/mol. The Morgan fingerprint density at radius 2 is 1.52 bits per heavy atom. The molecule has 46 heavy (non-hydrogen) atoms. The standard InChI is InChI=1S/C35H31N5O3S3/c1-3-44-35-39-34(46-40-35)38-33(43)30(25-10-6-4-7-11-25)45-28-20-18-27(19-21-28)36-32(42)29(22-24-16-14-23(2)15-17-24)37-31(41)26-12-8-5-9-13-26/h4-22,30H,3H2,1-2H3,(H,36,42)(H,37,41)(H,38,39,40,43)/b29-22-. The number of aryl methyl sites for hydroxylation is 1. The molecule has 0 aliphatic carbocycles. The third-order valence-electron chi connectivity index (χ3n) is 6.53. The van der Waals surface area contributed by atoms with Crippen LogP contribution in [0.4, 0.5) is 10.8 Å². The molecule has 8 nitrogen and oxygen atoms in total. The minimum atomic E-state index is -0.551.